The molecule has 0 spiro atoms. The van der Waals surface area contributed by atoms with Crippen LogP contribution in [-0.4, -0.2) is 23.6 Å². The first-order chi connectivity index (χ1) is 17.3. The van der Waals surface area contributed by atoms with Crippen molar-refractivity contribution in [2.75, 3.05) is 12.4 Å². The van der Waals surface area contributed by atoms with E-state index in [1.54, 1.807) is 10.6 Å². The number of anilines is 1. The van der Waals surface area contributed by atoms with Crippen LogP contribution in [0.2, 0.25) is 0 Å². The van der Waals surface area contributed by atoms with Crippen LogP contribution in [-0.2, 0) is 16.1 Å². The molecule has 7 rings (SSSR count). The minimum absolute atomic E-state index is 0.0337. The summed E-state index contributed by atoms with van der Waals surface area (Å²) in [5, 5.41) is 3.91. The van der Waals surface area contributed by atoms with Crippen LogP contribution in [0.1, 0.15) is 60.0 Å². The Bertz CT molecular complexity index is 1380. The predicted octanol–water partition coefficient (Wildman–Crippen LogP) is 5.30. The minimum atomic E-state index is -0.679. The Balaban J connectivity index is 1.42. The molecule has 0 unspecified atom stereocenters. The number of fused-ring (bicyclic) bond motifs is 1. The Hall–Kier alpha value is -3.41. The zero-order valence-electron chi connectivity index (χ0n) is 20.9. The van der Waals surface area contributed by atoms with Crippen LogP contribution in [0.3, 0.4) is 0 Å². The van der Waals surface area contributed by atoms with Gasteiger partial charge in [0, 0.05) is 5.39 Å². The summed E-state index contributed by atoms with van der Waals surface area (Å²) in [5.74, 6) is 1.41. The lowest BCUT2D eigenvalue weighted by molar-refractivity contribution is -0.140. The third kappa shape index (κ3) is 3.83. The molecule has 0 atom stereocenters. The van der Waals surface area contributed by atoms with Gasteiger partial charge in [0.1, 0.15) is 5.56 Å². The average molecular weight is 485 g/mol. The highest BCUT2D eigenvalue weighted by molar-refractivity contribution is 6.05. The van der Waals surface area contributed by atoms with Gasteiger partial charge in [-0.15, -0.1) is 0 Å². The van der Waals surface area contributed by atoms with Gasteiger partial charge in [0.15, 0.2) is 0 Å². The van der Waals surface area contributed by atoms with E-state index in [9.17, 15) is 14.4 Å². The second-order valence-corrected chi connectivity index (χ2v) is 11.3. The van der Waals surface area contributed by atoms with Crippen molar-refractivity contribution in [2.24, 2.45) is 23.2 Å². The Morgan fingerprint density at radius 1 is 1.00 bits per heavy atom. The number of ether oxygens (including phenoxy) is 1. The van der Waals surface area contributed by atoms with Crippen molar-refractivity contribution >= 4 is 28.5 Å². The van der Waals surface area contributed by atoms with E-state index in [2.05, 4.69) is 5.32 Å². The van der Waals surface area contributed by atoms with E-state index in [0.29, 0.717) is 40.9 Å². The van der Waals surface area contributed by atoms with Crippen LogP contribution in [0.25, 0.3) is 10.9 Å². The number of aryl methyl sites for hydroxylation is 1. The zero-order valence-corrected chi connectivity index (χ0v) is 20.9. The molecule has 0 aliphatic heterocycles. The molecule has 2 aromatic carbocycles. The summed E-state index contributed by atoms with van der Waals surface area (Å²) in [7, 11) is 1.27. The number of carbonyl (C=O) groups is 2. The number of aromatic nitrogens is 1. The number of methoxy groups -OCH3 is 1. The molecule has 186 valence electrons. The van der Waals surface area contributed by atoms with Crippen molar-refractivity contribution in [3.63, 3.8) is 0 Å². The number of hydrogen-bond acceptors (Lipinski definition) is 4. The fourth-order valence-corrected chi connectivity index (χ4v) is 7.44. The second kappa shape index (κ2) is 8.61. The first-order valence-electron chi connectivity index (χ1n) is 13.0. The molecule has 0 saturated heterocycles. The molecule has 4 aliphatic carbocycles. The number of carbonyl (C=O) groups excluding carboxylic acids is 2. The van der Waals surface area contributed by atoms with E-state index in [1.165, 1.54) is 26.4 Å². The highest BCUT2D eigenvalue weighted by Gasteiger charge is 2.54. The van der Waals surface area contributed by atoms with E-state index in [-0.39, 0.29) is 16.9 Å². The topological polar surface area (TPSA) is 77.4 Å². The van der Waals surface area contributed by atoms with Crippen molar-refractivity contribution in [1.82, 2.24) is 4.57 Å². The number of benzene rings is 2. The minimum Gasteiger partial charge on any atom is -0.465 e. The van der Waals surface area contributed by atoms with Gasteiger partial charge >= 0.3 is 5.97 Å². The zero-order chi connectivity index (χ0) is 25.0. The first kappa shape index (κ1) is 23.0. The van der Waals surface area contributed by atoms with Crippen LogP contribution in [0.15, 0.2) is 53.3 Å². The summed E-state index contributed by atoms with van der Waals surface area (Å²) < 4.78 is 6.54. The molecule has 1 N–H and O–H groups in total. The molecule has 36 heavy (non-hydrogen) atoms. The van der Waals surface area contributed by atoms with Crippen molar-refractivity contribution in [2.45, 2.75) is 52.0 Å². The van der Waals surface area contributed by atoms with Crippen molar-refractivity contribution in [3.8, 4) is 0 Å². The van der Waals surface area contributed by atoms with Crippen LogP contribution in [0, 0.1) is 30.1 Å². The molecule has 4 aliphatic rings. The third-order valence-corrected chi connectivity index (χ3v) is 8.77. The number of amides is 1. The monoisotopic (exact) mass is 484 g/mol. The number of rotatable bonds is 5. The largest absolute Gasteiger partial charge is 0.465 e. The van der Waals surface area contributed by atoms with E-state index < -0.39 is 11.5 Å². The van der Waals surface area contributed by atoms with Gasteiger partial charge in [-0.2, -0.15) is 0 Å². The van der Waals surface area contributed by atoms with Crippen LogP contribution < -0.4 is 10.9 Å². The molecule has 4 bridgehead atoms. The van der Waals surface area contributed by atoms with E-state index in [0.717, 1.165) is 30.4 Å². The van der Waals surface area contributed by atoms with Crippen molar-refractivity contribution in [1.29, 1.82) is 0 Å². The van der Waals surface area contributed by atoms with Gasteiger partial charge in [-0.1, -0.05) is 35.9 Å². The fourth-order valence-electron chi connectivity index (χ4n) is 7.44. The number of esters is 1. The third-order valence-electron chi connectivity index (χ3n) is 8.77. The van der Waals surface area contributed by atoms with Gasteiger partial charge in [0.05, 0.1) is 30.3 Å². The van der Waals surface area contributed by atoms with Crippen LogP contribution >= 0.6 is 0 Å². The van der Waals surface area contributed by atoms with Crippen LogP contribution in [0.4, 0.5) is 5.69 Å². The Morgan fingerprint density at radius 3 is 2.25 bits per heavy atom. The van der Waals surface area contributed by atoms with E-state index in [4.69, 9.17) is 4.74 Å². The normalized spacial score (nSPS) is 26.2. The second-order valence-electron chi connectivity index (χ2n) is 11.3. The van der Waals surface area contributed by atoms with Gasteiger partial charge in [0.25, 0.3) is 5.56 Å². The molecule has 6 heteroatoms. The summed E-state index contributed by atoms with van der Waals surface area (Å²) in [4.78, 5) is 39.7. The molecular weight excluding hydrogens is 452 g/mol. The maximum atomic E-state index is 13.8. The van der Waals surface area contributed by atoms with Crippen molar-refractivity contribution < 1.29 is 14.3 Å². The van der Waals surface area contributed by atoms with E-state index in [1.807, 2.05) is 49.4 Å². The Morgan fingerprint density at radius 2 is 1.64 bits per heavy atom. The SMILES string of the molecule is COC(=O)c1cc2c(NC(=O)C34CC5CC(CC(C5)C3)C4)cccc2n(Cc2ccc(C)cc2)c1=O. The summed E-state index contributed by atoms with van der Waals surface area (Å²) in [6, 6.07) is 15.1. The Labute approximate surface area is 210 Å². The molecule has 6 nitrogen and oxygen atoms in total. The smallest absolute Gasteiger partial charge is 0.343 e. The maximum Gasteiger partial charge on any atom is 0.343 e. The lowest BCUT2D eigenvalue weighted by atomic mass is 9.49. The number of pyridine rings is 1. The van der Waals surface area contributed by atoms with Gasteiger partial charge in [-0.3, -0.25) is 9.59 Å². The van der Waals surface area contributed by atoms with Crippen LogP contribution in [0.5, 0.6) is 0 Å². The first-order valence-corrected chi connectivity index (χ1v) is 13.0. The van der Waals surface area contributed by atoms with Gasteiger partial charge in [-0.05, 0) is 87.0 Å². The Kier molecular flexibility index (Phi) is 5.51. The summed E-state index contributed by atoms with van der Waals surface area (Å²) in [6.07, 6.45) is 6.74. The summed E-state index contributed by atoms with van der Waals surface area (Å²) >= 11 is 0. The lowest BCUT2D eigenvalue weighted by Gasteiger charge is -2.55. The molecule has 3 aromatic rings. The predicted molar refractivity (Wildman–Crippen MR) is 139 cm³/mol. The fraction of sp³-hybridized carbons (Fsp3) is 0.433. The molecule has 4 saturated carbocycles. The molecule has 1 heterocycles. The summed E-state index contributed by atoms with van der Waals surface area (Å²) in [5.41, 5.74) is 2.67. The average Bonchev–Trinajstić information content (AvgIpc) is 2.85. The van der Waals surface area contributed by atoms with Gasteiger partial charge in [-0.25, -0.2) is 4.79 Å². The number of nitrogens with one attached hydrogen (secondary N) is 1. The highest BCUT2D eigenvalue weighted by Crippen LogP contribution is 2.60. The molecular formula is C30H32N2O4. The number of hydrogen-bond donors (Lipinski definition) is 1. The number of nitrogens with zero attached hydrogens (tertiary/aromatic N) is 1. The van der Waals surface area contributed by atoms with E-state index >= 15 is 0 Å². The van der Waals surface area contributed by atoms with Gasteiger partial charge < -0.3 is 14.6 Å². The quantitative estimate of drug-likeness (QED) is 0.499. The lowest BCUT2D eigenvalue weighted by Crippen LogP contribution is -2.51. The molecule has 4 fully saturated rings. The standard InChI is InChI=1S/C30H32N2O4/c1-18-6-8-19(9-7-18)17-32-26-5-3-4-25(23(26)13-24(27(32)33)28(34)36-2)31-29(35)30-14-20-10-21(15-30)12-22(11-20)16-30/h3-9,13,20-22H,10-12,14-17H2,1-2H3,(H,31,35). The summed E-state index contributed by atoms with van der Waals surface area (Å²) in [6.45, 7) is 2.33. The molecule has 1 amide bonds. The van der Waals surface area contributed by atoms with Gasteiger partial charge in [0.2, 0.25) is 5.91 Å². The molecule has 0 radical (unpaired) electrons. The van der Waals surface area contributed by atoms with Crippen molar-refractivity contribution in [3.05, 3.63) is 75.6 Å². The highest BCUT2D eigenvalue weighted by atomic mass is 16.5. The maximum absolute atomic E-state index is 13.8. The molecule has 1 aromatic heterocycles.